The van der Waals surface area contributed by atoms with Gasteiger partial charge in [-0.25, -0.2) is 0 Å². The molecule has 3 nitrogen and oxygen atoms in total. The predicted molar refractivity (Wildman–Crippen MR) is 101 cm³/mol. The molecule has 2 N–H and O–H groups in total. The first-order valence-corrected chi connectivity index (χ1v) is 8.41. The topological polar surface area (TPSA) is 41.5 Å². The molecule has 0 radical (unpaired) electrons. The number of ether oxygens (including phenoxy) is 1. The van der Waals surface area contributed by atoms with Crippen molar-refractivity contribution >= 4 is 12.4 Å². The van der Waals surface area contributed by atoms with Gasteiger partial charge in [-0.05, 0) is 23.1 Å². The fourth-order valence-electron chi connectivity index (χ4n) is 3.28. The Balaban J connectivity index is 0.00000208. The Morgan fingerprint density at radius 1 is 1.12 bits per heavy atom. The normalized spacial score (nSPS) is 20.0. The van der Waals surface area contributed by atoms with Crippen LogP contribution in [0.1, 0.15) is 18.9 Å². The molecule has 0 bridgehead atoms. The largest absolute Gasteiger partial charge is 0.387 e. The van der Waals surface area contributed by atoms with Crippen molar-refractivity contribution in [2.24, 2.45) is 0 Å². The van der Waals surface area contributed by atoms with E-state index in [4.69, 9.17) is 4.74 Å². The maximum absolute atomic E-state index is 11.2. The minimum absolute atomic E-state index is 0. The lowest BCUT2D eigenvalue weighted by atomic mass is 9.83. The molecule has 2 atom stereocenters. The van der Waals surface area contributed by atoms with Crippen molar-refractivity contribution in [3.63, 3.8) is 0 Å². The highest BCUT2D eigenvalue weighted by atomic mass is 35.5. The summed E-state index contributed by atoms with van der Waals surface area (Å²) in [7, 11) is 0. The summed E-state index contributed by atoms with van der Waals surface area (Å²) in [6.07, 6.45) is 1.11. The third-order valence-electron chi connectivity index (χ3n) is 4.74. The standard InChI is InChI=1S/C20H25NO2.ClH/c1-2-20(22,19-15-21-12-13-23-19)14-17-10-6-7-11-18(17)16-8-4-3-5-9-16;/h3-11,19,21-22H,2,12-15H2,1H3;1H. The van der Waals surface area contributed by atoms with Crippen molar-refractivity contribution in [1.82, 2.24) is 5.32 Å². The lowest BCUT2D eigenvalue weighted by Crippen LogP contribution is -2.54. The third kappa shape index (κ3) is 4.17. The van der Waals surface area contributed by atoms with E-state index >= 15 is 0 Å². The van der Waals surface area contributed by atoms with Crippen molar-refractivity contribution in [2.75, 3.05) is 19.7 Å². The number of hydrogen-bond acceptors (Lipinski definition) is 3. The van der Waals surface area contributed by atoms with Crippen molar-refractivity contribution in [3.8, 4) is 11.1 Å². The Hall–Kier alpha value is -1.39. The molecule has 1 aliphatic rings. The molecule has 130 valence electrons. The number of halogens is 1. The van der Waals surface area contributed by atoms with Gasteiger partial charge in [-0.1, -0.05) is 61.5 Å². The highest BCUT2D eigenvalue weighted by molar-refractivity contribution is 5.85. The molecule has 0 aromatic heterocycles. The molecule has 0 saturated carbocycles. The Bertz CT molecular complexity index is 629. The minimum Gasteiger partial charge on any atom is -0.387 e. The Labute approximate surface area is 150 Å². The molecule has 2 aromatic carbocycles. The molecule has 1 heterocycles. The van der Waals surface area contributed by atoms with E-state index in [0.29, 0.717) is 26.0 Å². The van der Waals surface area contributed by atoms with Crippen LogP contribution in [0.15, 0.2) is 54.6 Å². The maximum atomic E-state index is 11.2. The number of aliphatic hydroxyl groups is 1. The lowest BCUT2D eigenvalue weighted by Gasteiger charge is -2.38. The summed E-state index contributed by atoms with van der Waals surface area (Å²) in [5.41, 5.74) is 2.68. The van der Waals surface area contributed by atoms with Gasteiger partial charge >= 0.3 is 0 Å². The number of rotatable bonds is 5. The van der Waals surface area contributed by atoms with Crippen LogP contribution in [0.2, 0.25) is 0 Å². The summed E-state index contributed by atoms with van der Waals surface area (Å²) in [5.74, 6) is 0. The highest BCUT2D eigenvalue weighted by Gasteiger charge is 2.37. The van der Waals surface area contributed by atoms with Crippen LogP contribution in [0, 0.1) is 0 Å². The van der Waals surface area contributed by atoms with Crippen molar-refractivity contribution in [1.29, 1.82) is 0 Å². The van der Waals surface area contributed by atoms with Gasteiger partial charge in [0.2, 0.25) is 0 Å². The first kappa shape index (κ1) is 18.9. The van der Waals surface area contributed by atoms with Crippen molar-refractivity contribution in [3.05, 3.63) is 60.2 Å². The molecule has 0 spiro atoms. The number of nitrogens with one attached hydrogen (secondary N) is 1. The highest BCUT2D eigenvalue weighted by Crippen LogP contribution is 2.30. The van der Waals surface area contributed by atoms with E-state index < -0.39 is 5.60 Å². The maximum Gasteiger partial charge on any atom is 0.0989 e. The zero-order valence-electron chi connectivity index (χ0n) is 14.1. The van der Waals surface area contributed by atoms with Gasteiger partial charge in [0.25, 0.3) is 0 Å². The second kappa shape index (κ2) is 8.63. The molecule has 24 heavy (non-hydrogen) atoms. The molecule has 3 rings (SSSR count). The lowest BCUT2D eigenvalue weighted by molar-refractivity contribution is -0.120. The summed E-state index contributed by atoms with van der Waals surface area (Å²) in [6.45, 7) is 4.26. The van der Waals surface area contributed by atoms with Crippen molar-refractivity contribution in [2.45, 2.75) is 31.5 Å². The van der Waals surface area contributed by atoms with Crippen LogP contribution in [-0.4, -0.2) is 36.5 Å². The molecular weight excluding hydrogens is 322 g/mol. The fourth-order valence-corrected chi connectivity index (χ4v) is 3.28. The second-order valence-corrected chi connectivity index (χ2v) is 6.22. The monoisotopic (exact) mass is 347 g/mol. The van der Waals surface area contributed by atoms with E-state index in [1.54, 1.807) is 0 Å². The summed E-state index contributed by atoms with van der Waals surface area (Å²) in [5, 5.41) is 14.5. The van der Waals surface area contributed by atoms with E-state index in [2.05, 4.69) is 35.6 Å². The van der Waals surface area contributed by atoms with Gasteiger partial charge in [0.05, 0.1) is 18.3 Å². The summed E-state index contributed by atoms with van der Waals surface area (Å²) in [6, 6.07) is 18.7. The van der Waals surface area contributed by atoms with E-state index in [9.17, 15) is 5.11 Å². The minimum atomic E-state index is -0.849. The van der Waals surface area contributed by atoms with Crippen LogP contribution in [0.25, 0.3) is 11.1 Å². The van der Waals surface area contributed by atoms with Gasteiger partial charge in [0.15, 0.2) is 0 Å². The van der Waals surface area contributed by atoms with Gasteiger partial charge in [0, 0.05) is 19.5 Å². The SMILES string of the molecule is CCC(O)(Cc1ccccc1-c1ccccc1)C1CNCCO1.Cl. The number of morpholine rings is 1. The quantitative estimate of drug-likeness (QED) is 0.870. The molecule has 2 unspecified atom stereocenters. The first-order chi connectivity index (χ1) is 11.2. The van der Waals surface area contributed by atoms with Crippen LogP contribution in [0.3, 0.4) is 0 Å². The molecule has 1 saturated heterocycles. The molecule has 1 aliphatic heterocycles. The molecule has 0 amide bonds. The van der Waals surface area contributed by atoms with Gasteiger partial charge in [-0.15, -0.1) is 12.4 Å². The molecule has 2 aromatic rings. The molecular formula is C20H26ClNO2. The zero-order chi connectivity index (χ0) is 16.1. The van der Waals surface area contributed by atoms with E-state index in [-0.39, 0.29) is 18.5 Å². The van der Waals surface area contributed by atoms with Crippen LogP contribution >= 0.6 is 12.4 Å². The molecule has 4 heteroatoms. The van der Waals surface area contributed by atoms with Crippen molar-refractivity contribution < 1.29 is 9.84 Å². The van der Waals surface area contributed by atoms with Gasteiger partial charge < -0.3 is 15.2 Å². The van der Waals surface area contributed by atoms with Crippen LogP contribution < -0.4 is 5.32 Å². The molecule has 1 fully saturated rings. The number of benzene rings is 2. The Morgan fingerprint density at radius 2 is 1.83 bits per heavy atom. The Morgan fingerprint density at radius 3 is 2.50 bits per heavy atom. The smallest absolute Gasteiger partial charge is 0.0989 e. The zero-order valence-corrected chi connectivity index (χ0v) is 14.9. The summed E-state index contributed by atoms with van der Waals surface area (Å²) < 4.78 is 5.84. The summed E-state index contributed by atoms with van der Waals surface area (Å²) in [4.78, 5) is 0. The van der Waals surface area contributed by atoms with Gasteiger partial charge in [-0.2, -0.15) is 0 Å². The van der Waals surface area contributed by atoms with E-state index in [0.717, 1.165) is 12.1 Å². The van der Waals surface area contributed by atoms with Crippen LogP contribution in [0.5, 0.6) is 0 Å². The van der Waals surface area contributed by atoms with Gasteiger partial charge in [-0.3, -0.25) is 0 Å². The third-order valence-corrected chi connectivity index (χ3v) is 4.74. The predicted octanol–water partition coefficient (Wildman–Crippen LogP) is 3.45. The first-order valence-electron chi connectivity index (χ1n) is 8.41. The average molecular weight is 348 g/mol. The van der Waals surface area contributed by atoms with Gasteiger partial charge in [0.1, 0.15) is 0 Å². The van der Waals surface area contributed by atoms with Crippen LogP contribution in [-0.2, 0) is 11.2 Å². The van der Waals surface area contributed by atoms with Crippen LogP contribution in [0.4, 0.5) is 0 Å². The van der Waals surface area contributed by atoms with E-state index in [1.165, 1.54) is 11.1 Å². The van der Waals surface area contributed by atoms with E-state index in [1.807, 2.05) is 31.2 Å². The second-order valence-electron chi connectivity index (χ2n) is 6.22. The summed E-state index contributed by atoms with van der Waals surface area (Å²) >= 11 is 0. The number of hydrogen-bond donors (Lipinski definition) is 2. The average Bonchev–Trinajstić information content (AvgIpc) is 2.63. The molecule has 0 aliphatic carbocycles. The fraction of sp³-hybridized carbons (Fsp3) is 0.400. The Kier molecular flexibility index (Phi) is 6.81.